The van der Waals surface area contributed by atoms with E-state index in [1.54, 1.807) is 0 Å². The van der Waals surface area contributed by atoms with Gasteiger partial charge in [0.1, 0.15) is 5.82 Å². The fourth-order valence-electron chi connectivity index (χ4n) is 2.53. The monoisotopic (exact) mass is 329 g/mol. The van der Waals surface area contributed by atoms with Crippen LogP contribution >= 0.6 is 0 Å². The maximum Gasteiger partial charge on any atom is 0.305 e. The molecule has 0 saturated carbocycles. The van der Waals surface area contributed by atoms with Crippen LogP contribution in [0.4, 0.5) is 4.39 Å². The zero-order chi connectivity index (χ0) is 17.7. The number of benzene rings is 2. The van der Waals surface area contributed by atoms with Crippen molar-refractivity contribution in [2.75, 3.05) is 0 Å². The molecule has 2 aromatic carbocycles. The number of hydrogen-bond donors (Lipinski definition) is 2. The fourth-order valence-corrected chi connectivity index (χ4v) is 2.53. The molecule has 0 bridgehead atoms. The van der Waals surface area contributed by atoms with Crippen molar-refractivity contribution in [2.45, 2.75) is 32.7 Å². The highest BCUT2D eigenvalue weighted by molar-refractivity contribution is 5.80. The van der Waals surface area contributed by atoms with E-state index in [4.69, 9.17) is 5.11 Å². The van der Waals surface area contributed by atoms with Crippen molar-refractivity contribution in [3.05, 3.63) is 70.5 Å². The van der Waals surface area contributed by atoms with Crippen molar-refractivity contribution < 1.29 is 19.1 Å². The van der Waals surface area contributed by atoms with Gasteiger partial charge in [0.2, 0.25) is 5.91 Å². The molecule has 0 aliphatic rings. The van der Waals surface area contributed by atoms with Crippen LogP contribution in [0.3, 0.4) is 0 Å². The van der Waals surface area contributed by atoms with Crippen molar-refractivity contribution in [1.82, 2.24) is 5.32 Å². The maximum atomic E-state index is 13.0. The molecular weight excluding hydrogens is 309 g/mol. The Morgan fingerprint density at radius 2 is 1.79 bits per heavy atom. The summed E-state index contributed by atoms with van der Waals surface area (Å²) in [6, 6.07) is 10.7. The minimum absolute atomic E-state index is 0.171. The van der Waals surface area contributed by atoms with Gasteiger partial charge in [0.25, 0.3) is 0 Å². The van der Waals surface area contributed by atoms with Crippen LogP contribution in [0.15, 0.2) is 42.5 Å². The van der Waals surface area contributed by atoms with Crippen LogP contribution in [0.1, 0.15) is 34.7 Å². The van der Waals surface area contributed by atoms with Gasteiger partial charge in [-0.3, -0.25) is 9.59 Å². The zero-order valence-corrected chi connectivity index (χ0v) is 13.7. The lowest BCUT2D eigenvalue weighted by molar-refractivity contribution is -0.137. The molecule has 4 nitrogen and oxygen atoms in total. The second kappa shape index (κ2) is 7.73. The molecule has 0 radical (unpaired) electrons. The van der Waals surface area contributed by atoms with Gasteiger partial charge in [-0.15, -0.1) is 0 Å². The van der Waals surface area contributed by atoms with Gasteiger partial charge in [0.15, 0.2) is 0 Å². The van der Waals surface area contributed by atoms with E-state index in [1.165, 1.54) is 24.3 Å². The molecule has 0 fully saturated rings. The Labute approximate surface area is 140 Å². The molecule has 0 spiro atoms. The van der Waals surface area contributed by atoms with Gasteiger partial charge < -0.3 is 10.4 Å². The summed E-state index contributed by atoms with van der Waals surface area (Å²) in [6.07, 6.45) is -0.0883. The summed E-state index contributed by atoms with van der Waals surface area (Å²) >= 11 is 0. The molecule has 0 heterocycles. The average Bonchev–Trinajstić information content (AvgIpc) is 2.50. The number of carbonyl (C=O) groups is 2. The van der Waals surface area contributed by atoms with E-state index < -0.39 is 17.8 Å². The van der Waals surface area contributed by atoms with Gasteiger partial charge >= 0.3 is 5.97 Å². The van der Waals surface area contributed by atoms with E-state index in [0.29, 0.717) is 5.56 Å². The third kappa shape index (κ3) is 4.91. The number of carboxylic acid groups (broad SMARTS) is 1. The smallest absolute Gasteiger partial charge is 0.305 e. The molecule has 0 saturated heterocycles. The van der Waals surface area contributed by atoms with Crippen LogP contribution in [0.25, 0.3) is 0 Å². The summed E-state index contributed by atoms with van der Waals surface area (Å²) in [5.74, 6) is -1.70. The number of amides is 1. The second-order valence-electron chi connectivity index (χ2n) is 5.88. The van der Waals surface area contributed by atoms with E-state index in [9.17, 15) is 14.0 Å². The Kier molecular flexibility index (Phi) is 5.68. The molecular formula is C19H20FNO3. The molecule has 2 N–H and O–H groups in total. The molecule has 1 atom stereocenters. The molecule has 1 amide bonds. The van der Waals surface area contributed by atoms with Gasteiger partial charge in [-0.05, 0) is 42.7 Å². The van der Waals surface area contributed by atoms with Crippen molar-refractivity contribution in [3.8, 4) is 0 Å². The van der Waals surface area contributed by atoms with Gasteiger partial charge in [-0.2, -0.15) is 0 Å². The van der Waals surface area contributed by atoms with E-state index in [0.717, 1.165) is 16.7 Å². The van der Waals surface area contributed by atoms with Crippen LogP contribution < -0.4 is 5.32 Å². The molecule has 1 unspecified atom stereocenters. The molecule has 126 valence electrons. The Morgan fingerprint density at radius 1 is 1.12 bits per heavy atom. The first-order chi connectivity index (χ1) is 11.3. The highest BCUT2D eigenvalue weighted by Gasteiger charge is 2.18. The first kappa shape index (κ1) is 17.7. The fraction of sp³-hybridized carbons (Fsp3) is 0.263. The molecule has 2 aromatic rings. The summed E-state index contributed by atoms with van der Waals surface area (Å²) in [4.78, 5) is 23.4. The van der Waals surface area contributed by atoms with Crippen LogP contribution in [-0.2, 0) is 16.0 Å². The van der Waals surface area contributed by atoms with Crippen LogP contribution in [0.5, 0.6) is 0 Å². The summed E-state index contributed by atoms with van der Waals surface area (Å²) in [5.41, 5.74) is 3.53. The summed E-state index contributed by atoms with van der Waals surface area (Å²) < 4.78 is 13.0. The van der Waals surface area contributed by atoms with Crippen molar-refractivity contribution in [3.63, 3.8) is 0 Å². The number of aryl methyl sites for hydroxylation is 2. The van der Waals surface area contributed by atoms with E-state index in [1.807, 2.05) is 32.0 Å². The largest absolute Gasteiger partial charge is 0.481 e. The highest BCUT2D eigenvalue weighted by Crippen LogP contribution is 2.18. The zero-order valence-electron chi connectivity index (χ0n) is 13.7. The number of carbonyl (C=O) groups excluding carboxylic acids is 1. The molecule has 0 aliphatic carbocycles. The molecule has 0 aliphatic heterocycles. The van der Waals surface area contributed by atoms with Crippen LogP contribution in [-0.4, -0.2) is 17.0 Å². The SMILES string of the molecule is Cc1ccc(C)c(CC(=O)NC(CC(=O)O)c2ccc(F)cc2)c1. The normalized spacial score (nSPS) is 11.8. The van der Waals surface area contributed by atoms with Crippen molar-refractivity contribution in [2.24, 2.45) is 0 Å². The van der Waals surface area contributed by atoms with Crippen molar-refractivity contribution in [1.29, 1.82) is 0 Å². The van der Waals surface area contributed by atoms with E-state index in [2.05, 4.69) is 5.32 Å². The number of rotatable bonds is 6. The Hall–Kier alpha value is -2.69. The number of halogens is 1. The van der Waals surface area contributed by atoms with Crippen LogP contribution in [0, 0.1) is 19.7 Å². The van der Waals surface area contributed by atoms with Crippen LogP contribution in [0.2, 0.25) is 0 Å². The predicted octanol–water partition coefficient (Wildman–Crippen LogP) is 3.32. The molecule has 5 heteroatoms. The first-order valence-corrected chi connectivity index (χ1v) is 7.68. The molecule has 0 aromatic heterocycles. The lowest BCUT2D eigenvalue weighted by Gasteiger charge is -2.18. The van der Waals surface area contributed by atoms with E-state index >= 15 is 0 Å². The quantitative estimate of drug-likeness (QED) is 0.854. The topological polar surface area (TPSA) is 66.4 Å². The first-order valence-electron chi connectivity index (χ1n) is 7.68. The summed E-state index contributed by atoms with van der Waals surface area (Å²) in [5, 5.41) is 11.8. The molecule has 24 heavy (non-hydrogen) atoms. The summed E-state index contributed by atoms with van der Waals surface area (Å²) in [7, 11) is 0. The average molecular weight is 329 g/mol. The van der Waals surface area contributed by atoms with Gasteiger partial charge in [-0.1, -0.05) is 35.9 Å². The van der Waals surface area contributed by atoms with Gasteiger partial charge in [0, 0.05) is 0 Å². The number of aliphatic carboxylic acids is 1. The Balaban J connectivity index is 2.13. The van der Waals surface area contributed by atoms with Gasteiger partial charge in [-0.25, -0.2) is 4.39 Å². The number of nitrogens with one attached hydrogen (secondary N) is 1. The predicted molar refractivity (Wildman–Crippen MR) is 89.2 cm³/mol. The minimum Gasteiger partial charge on any atom is -0.481 e. The minimum atomic E-state index is -1.03. The summed E-state index contributed by atoms with van der Waals surface area (Å²) in [6.45, 7) is 3.88. The Bertz CT molecular complexity index is 741. The highest BCUT2D eigenvalue weighted by atomic mass is 19.1. The standard InChI is InChI=1S/C19H20FNO3/c1-12-3-4-13(2)15(9-12)10-18(22)21-17(11-19(23)24)14-5-7-16(20)8-6-14/h3-9,17H,10-11H2,1-2H3,(H,21,22)(H,23,24). The number of hydrogen-bond acceptors (Lipinski definition) is 2. The lowest BCUT2D eigenvalue weighted by atomic mass is 10.0. The third-order valence-electron chi connectivity index (χ3n) is 3.84. The van der Waals surface area contributed by atoms with Gasteiger partial charge in [0.05, 0.1) is 18.9 Å². The lowest BCUT2D eigenvalue weighted by Crippen LogP contribution is -2.31. The molecule has 2 rings (SSSR count). The van der Waals surface area contributed by atoms with Crippen molar-refractivity contribution >= 4 is 11.9 Å². The number of carboxylic acids is 1. The second-order valence-corrected chi connectivity index (χ2v) is 5.88. The van der Waals surface area contributed by atoms with E-state index in [-0.39, 0.29) is 18.7 Å². The third-order valence-corrected chi connectivity index (χ3v) is 3.84. The Morgan fingerprint density at radius 3 is 2.42 bits per heavy atom. The maximum absolute atomic E-state index is 13.0.